The summed E-state index contributed by atoms with van der Waals surface area (Å²) in [4.78, 5) is 0. The van der Waals surface area contributed by atoms with E-state index < -0.39 is 5.82 Å². The van der Waals surface area contributed by atoms with Crippen LogP contribution in [0.2, 0.25) is 0 Å². The van der Waals surface area contributed by atoms with Crippen molar-refractivity contribution >= 4 is 5.69 Å². The van der Waals surface area contributed by atoms with Gasteiger partial charge in [0.1, 0.15) is 11.9 Å². The zero-order valence-electron chi connectivity index (χ0n) is 10.1. The van der Waals surface area contributed by atoms with Crippen molar-refractivity contribution in [2.24, 2.45) is 5.41 Å². The molecule has 1 aliphatic carbocycles. The Labute approximate surface area is 101 Å². The van der Waals surface area contributed by atoms with E-state index in [0.29, 0.717) is 5.41 Å². The van der Waals surface area contributed by atoms with Gasteiger partial charge in [0.2, 0.25) is 0 Å². The second-order valence-corrected chi connectivity index (χ2v) is 4.87. The number of hydrogen-bond acceptors (Lipinski definition) is 2. The maximum Gasteiger partial charge on any atom is 0.143 e. The van der Waals surface area contributed by atoms with Crippen LogP contribution in [0.3, 0.4) is 0 Å². The first-order chi connectivity index (χ1) is 8.19. The minimum absolute atomic E-state index is 0.101. The highest BCUT2D eigenvalue weighted by atomic mass is 19.1. The molecular formula is C14H17FN2. The summed E-state index contributed by atoms with van der Waals surface area (Å²) >= 11 is 0. The normalized spacial score (nSPS) is 17.0. The van der Waals surface area contributed by atoms with Crippen LogP contribution < -0.4 is 5.32 Å². The van der Waals surface area contributed by atoms with Gasteiger partial charge in [-0.1, -0.05) is 13.3 Å². The van der Waals surface area contributed by atoms with Crippen LogP contribution >= 0.6 is 0 Å². The summed E-state index contributed by atoms with van der Waals surface area (Å²) in [5.41, 5.74) is 1.27. The first-order valence-corrected chi connectivity index (χ1v) is 6.13. The largest absolute Gasteiger partial charge is 0.384 e. The van der Waals surface area contributed by atoms with Gasteiger partial charge in [-0.05, 0) is 42.9 Å². The average molecular weight is 232 g/mol. The highest BCUT2D eigenvalue weighted by Crippen LogP contribution is 2.43. The van der Waals surface area contributed by atoms with E-state index in [2.05, 4.69) is 12.2 Å². The molecule has 90 valence electrons. The molecule has 0 radical (unpaired) electrons. The Balaban J connectivity index is 2.00. The number of nitrogens with one attached hydrogen (secondary N) is 1. The summed E-state index contributed by atoms with van der Waals surface area (Å²) in [5, 5.41) is 11.9. The topological polar surface area (TPSA) is 35.8 Å². The molecule has 0 saturated heterocycles. The summed E-state index contributed by atoms with van der Waals surface area (Å²) < 4.78 is 13.4. The monoisotopic (exact) mass is 232 g/mol. The van der Waals surface area contributed by atoms with E-state index >= 15 is 0 Å². The second-order valence-electron chi connectivity index (χ2n) is 4.87. The van der Waals surface area contributed by atoms with Crippen molar-refractivity contribution in [2.45, 2.75) is 32.6 Å². The molecule has 2 rings (SSSR count). The fourth-order valence-corrected chi connectivity index (χ4v) is 2.34. The molecule has 2 nitrogen and oxygen atoms in total. The van der Waals surface area contributed by atoms with Gasteiger partial charge >= 0.3 is 0 Å². The second kappa shape index (κ2) is 4.75. The van der Waals surface area contributed by atoms with Crippen molar-refractivity contribution in [3.05, 3.63) is 29.6 Å². The van der Waals surface area contributed by atoms with Crippen molar-refractivity contribution in [1.29, 1.82) is 5.26 Å². The minimum atomic E-state index is -0.448. The summed E-state index contributed by atoms with van der Waals surface area (Å²) in [5.74, 6) is -0.448. The van der Waals surface area contributed by atoms with E-state index in [0.717, 1.165) is 12.2 Å². The summed E-state index contributed by atoms with van der Waals surface area (Å²) in [7, 11) is 0. The Morgan fingerprint density at radius 2 is 2.24 bits per heavy atom. The first-order valence-electron chi connectivity index (χ1n) is 6.13. The molecule has 1 aliphatic rings. The first kappa shape index (κ1) is 11.9. The van der Waals surface area contributed by atoms with Crippen LogP contribution in [0.1, 0.15) is 38.2 Å². The van der Waals surface area contributed by atoms with Crippen LogP contribution in [0.4, 0.5) is 10.1 Å². The highest BCUT2D eigenvalue weighted by Gasteiger charge is 2.34. The third-order valence-electron chi connectivity index (χ3n) is 3.92. The lowest BCUT2D eigenvalue weighted by atomic mass is 9.67. The predicted molar refractivity (Wildman–Crippen MR) is 66.2 cm³/mol. The molecule has 1 saturated carbocycles. The van der Waals surface area contributed by atoms with Crippen LogP contribution in [0, 0.1) is 22.6 Å². The van der Waals surface area contributed by atoms with Crippen LogP contribution in [-0.2, 0) is 0 Å². The smallest absolute Gasteiger partial charge is 0.143 e. The summed E-state index contributed by atoms with van der Waals surface area (Å²) in [6.45, 7) is 3.11. The van der Waals surface area contributed by atoms with Gasteiger partial charge in [0.05, 0.1) is 5.56 Å². The lowest BCUT2D eigenvalue weighted by molar-refractivity contribution is 0.145. The van der Waals surface area contributed by atoms with Crippen molar-refractivity contribution < 1.29 is 4.39 Å². The van der Waals surface area contributed by atoms with E-state index in [9.17, 15) is 4.39 Å². The average Bonchev–Trinajstić information content (AvgIpc) is 2.28. The van der Waals surface area contributed by atoms with Gasteiger partial charge in [-0.3, -0.25) is 0 Å². The quantitative estimate of drug-likeness (QED) is 0.859. The van der Waals surface area contributed by atoms with Crippen LogP contribution in [0.15, 0.2) is 18.2 Å². The maximum absolute atomic E-state index is 13.4. The minimum Gasteiger partial charge on any atom is -0.384 e. The molecule has 0 amide bonds. The lowest BCUT2D eigenvalue weighted by Gasteiger charge is -2.41. The third-order valence-corrected chi connectivity index (χ3v) is 3.92. The van der Waals surface area contributed by atoms with Crippen molar-refractivity contribution in [1.82, 2.24) is 0 Å². The molecule has 17 heavy (non-hydrogen) atoms. The Morgan fingerprint density at radius 1 is 1.47 bits per heavy atom. The van der Waals surface area contributed by atoms with E-state index in [4.69, 9.17) is 5.26 Å². The van der Waals surface area contributed by atoms with Gasteiger partial charge in [-0.2, -0.15) is 5.26 Å². The molecule has 0 bridgehead atoms. The molecule has 3 heteroatoms. The molecule has 0 spiro atoms. The molecule has 0 atom stereocenters. The van der Waals surface area contributed by atoms with Gasteiger partial charge in [0.25, 0.3) is 0 Å². The molecule has 1 aromatic rings. The fourth-order valence-electron chi connectivity index (χ4n) is 2.34. The van der Waals surface area contributed by atoms with E-state index in [1.807, 2.05) is 6.07 Å². The Hall–Kier alpha value is -1.56. The molecule has 0 aromatic heterocycles. The number of nitriles is 1. The van der Waals surface area contributed by atoms with Gasteiger partial charge in [-0.25, -0.2) is 4.39 Å². The van der Waals surface area contributed by atoms with Gasteiger partial charge in [0.15, 0.2) is 0 Å². The van der Waals surface area contributed by atoms with E-state index in [1.165, 1.54) is 37.8 Å². The number of nitrogens with zero attached hydrogens (tertiary/aromatic N) is 1. The van der Waals surface area contributed by atoms with Crippen LogP contribution in [-0.4, -0.2) is 6.54 Å². The van der Waals surface area contributed by atoms with Crippen molar-refractivity contribution in [2.75, 3.05) is 11.9 Å². The number of anilines is 1. The van der Waals surface area contributed by atoms with E-state index in [1.54, 1.807) is 6.07 Å². The third kappa shape index (κ3) is 2.41. The van der Waals surface area contributed by atoms with Gasteiger partial charge < -0.3 is 5.32 Å². The number of benzene rings is 1. The molecular weight excluding hydrogens is 215 g/mol. The fraction of sp³-hybridized carbons (Fsp3) is 0.500. The molecule has 0 aliphatic heterocycles. The molecule has 0 unspecified atom stereocenters. The van der Waals surface area contributed by atoms with E-state index in [-0.39, 0.29) is 5.56 Å². The summed E-state index contributed by atoms with van der Waals surface area (Å²) in [6, 6.07) is 6.52. The maximum atomic E-state index is 13.4. The molecule has 1 fully saturated rings. The zero-order valence-corrected chi connectivity index (χ0v) is 10.1. The zero-order chi connectivity index (χ0) is 12.3. The lowest BCUT2D eigenvalue weighted by Crippen LogP contribution is -2.35. The number of hydrogen-bond donors (Lipinski definition) is 1. The highest BCUT2D eigenvalue weighted by molar-refractivity contribution is 5.48. The van der Waals surface area contributed by atoms with Gasteiger partial charge in [-0.15, -0.1) is 0 Å². The van der Waals surface area contributed by atoms with Crippen molar-refractivity contribution in [3.8, 4) is 6.07 Å². The molecule has 0 heterocycles. The Kier molecular flexibility index (Phi) is 3.33. The molecule has 1 aromatic carbocycles. The van der Waals surface area contributed by atoms with Crippen molar-refractivity contribution in [3.63, 3.8) is 0 Å². The number of halogens is 1. The molecule has 1 N–H and O–H groups in total. The SMILES string of the molecule is CCC1(CNc2ccc(C#N)c(F)c2)CCC1. The van der Waals surface area contributed by atoms with Crippen LogP contribution in [0.25, 0.3) is 0 Å². The summed E-state index contributed by atoms with van der Waals surface area (Å²) in [6.07, 6.45) is 4.99. The predicted octanol–water partition coefficient (Wildman–Crippen LogP) is 3.69. The standard InChI is InChI=1S/C14H17FN2/c1-2-14(6-3-7-14)10-17-12-5-4-11(9-16)13(15)8-12/h4-5,8,17H,2-3,6-7,10H2,1H3. The van der Waals surface area contributed by atoms with Crippen LogP contribution in [0.5, 0.6) is 0 Å². The Morgan fingerprint density at radius 3 is 2.71 bits per heavy atom. The Bertz CT molecular complexity index is 439. The number of rotatable bonds is 4. The van der Waals surface area contributed by atoms with Gasteiger partial charge in [0, 0.05) is 12.2 Å².